The Morgan fingerprint density at radius 2 is 1.67 bits per heavy atom. The van der Waals surface area contributed by atoms with Gasteiger partial charge in [-0.3, -0.25) is 0 Å². The molecule has 0 aromatic heterocycles. The fourth-order valence-electron chi connectivity index (χ4n) is 0.553. The minimum absolute atomic E-state index is 0. The Labute approximate surface area is 83.4 Å². The first-order valence-corrected chi connectivity index (χ1v) is 2.76. The van der Waals surface area contributed by atoms with Gasteiger partial charge in [-0.15, -0.1) is 5.60 Å². The molecule has 9 heavy (non-hydrogen) atoms. The van der Waals surface area contributed by atoms with Crippen LogP contribution in [0.2, 0.25) is 0 Å². The van der Waals surface area contributed by atoms with Crippen LogP contribution in [0.25, 0.3) is 0 Å². The monoisotopic (exact) mass is 203 g/mol. The molecule has 0 rings (SSSR count). The maximum atomic E-state index is 5.24. The average molecular weight is 203 g/mol. The van der Waals surface area contributed by atoms with Crippen LogP contribution in [0.3, 0.4) is 0 Å². The Hall–Kier alpha value is 1.06. The summed E-state index contributed by atoms with van der Waals surface area (Å²) in [5, 5.41) is 0. The van der Waals surface area contributed by atoms with Crippen molar-refractivity contribution in [2.45, 2.75) is 33.3 Å². The molecule has 0 aliphatic carbocycles. The molecule has 0 aliphatic heterocycles. The Morgan fingerprint density at radius 3 is 1.67 bits per heavy atom. The second-order valence-corrected chi connectivity index (χ2v) is 2.77. The summed E-state index contributed by atoms with van der Waals surface area (Å²) in [6, 6.07) is 0. The quantitative estimate of drug-likeness (QED) is 0.625. The normalized spacial score (nSPS) is 11.3. The van der Waals surface area contributed by atoms with Gasteiger partial charge in [-0.05, 0) is 0 Å². The molecule has 0 saturated heterocycles. The summed E-state index contributed by atoms with van der Waals surface area (Å²) in [7, 11) is 0. The third-order valence-corrected chi connectivity index (χ3v) is 0.480. The van der Waals surface area contributed by atoms with E-state index in [1.807, 2.05) is 27.7 Å². The average Bonchev–Trinajstić information content (AvgIpc) is 1.21. The molecule has 0 amide bonds. The van der Waals surface area contributed by atoms with Crippen LogP contribution in [0.4, 0.5) is 0 Å². The van der Waals surface area contributed by atoms with Crippen LogP contribution in [0.5, 0.6) is 0 Å². The SMILES string of the molecule is [CH2-]C(C)(C)O[C-](C)C.[Y]. The molecule has 0 aromatic carbocycles. The third-order valence-electron chi connectivity index (χ3n) is 0.480. The van der Waals surface area contributed by atoms with Gasteiger partial charge in [0, 0.05) is 32.7 Å². The van der Waals surface area contributed by atoms with Gasteiger partial charge in [0.2, 0.25) is 0 Å². The van der Waals surface area contributed by atoms with Crippen molar-refractivity contribution in [2.24, 2.45) is 0 Å². The van der Waals surface area contributed by atoms with Crippen LogP contribution in [0.1, 0.15) is 27.7 Å². The first-order valence-electron chi connectivity index (χ1n) is 2.76. The molecule has 0 fully saturated rings. The van der Waals surface area contributed by atoms with Crippen molar-refractivity contribution in [3.05, 3.63) is 13.0 Å². The molecule has 0 bridgehead atoms. The van der Waals surface area contributed by atoms with E-state index in [-0.39, 0.29) is 38.3 Å². The summed E-state index contributed by atoms with van der Waals surface area (Å²) >= 11 is 0. The van der Waals surface area contributed by atoms with Crippen molar-refractivity contribution in [1.29, 1.82) is 0 Å². The molecule has 0 atom stereocenters. The molecule has 0 unspecified atom stereocenters. The van der Waals surface area contributed by atoms with Crippen LogP contribution in [0, 0.1) is 13.0 Å². The molecule has 0 aliphatic rings. The first-order chi connectivity index (χ1) is 3.42. The maximum absolute atomic E-state index is 5.24. The summed E-state index contributed by atoms with van der Waals surface area (Å²) < 4.78 is 5.24. The van der Waals surface area contributed by atoms with Crippen LogP contribution < -0.4 is 0 Å². The van der Waals surface area contributed by atoms with Crippen molar-refractivity contribution >= 4 is 0 Å². The molecule has 0 spiro atoms. The van der Waals surface area contributed by atoms with Gasteiger partial charge in [0.15, 0.2) is 0 Å². The fraction of sp³-hybridized carbons (Fsp3) is 0.714. The summed E-state index contributed by atoms with van der Waals surface area (Å²) in [5.41, 5.74) is -0.265. The second-order valence-electron chi connectivity index (χ2n) is 2.77. The Morgan fingerprint density at radius 1 is 1.33 bits per heavy atom. The van der Waals surface area contributed by atoms with Gasteiger partial charge in [-0.2, -0.15) is 13.8 Å². The topological polar surface area (TPSA) is 9.23 Å². The number of ether oxygens (including phenoxy) is 1. The standard InChI is InChI=1S/C7H14O.Y/c1-6(2)8-7(3,4)5;/h3H2,1-2,4-5H3;/q-2;. The summed E-state index contributed by atoms with van der Waals surface area (Å²) in [5.74, 6) is 0. The van der Waals surface area contributed by atoms with Crippen molar-refractivity contribution in [1.82, 2.24) is 0 Å². The molecule has 1 nitrogen and oxygen atoms in total. The molecule has 0 saturated carbocycles. The van der Waals surface area contributed by atoms with Gasteiger partial charge >= 0.3 is 0 Å². The molecule has 2 heteroatoms. The van der Waals surface area contributed by atoms with Crippen LogP contribution >= 0.6 is 0 Å². The Balaban J connectivity index is 0. The molecule has 0 N–H and O–H groups in total. The first kappa shape index (κ1) is 12.7. The molecular weight excluding hydrogens is 189 g/mol. The Kier molecular flexibility index (Phi) is 6.80. The summed E-state index contributed by atoms with van der Waals surface area (Å²) in [4.78, 5) is 0. The van der Waals surface area contributed by atoms with Crippen molar-refractivity contribution < 1.29 is 37.4 Å². The fourth-order valence-corrected chi connectivity index (χ4v) is 0.553. The maximum Gasteiger partial charge on any atom is 0 e. The van der Waals surface area contributed by atoms with Crippen molar-refractivity contribution in [3.8, 4) is 0 Å². The van der Waals surface area contributed by atoms with Crippen molar-refractivity contribution in [3.63, 3.8) is 0 Å². The molecule has 0 heterocycles. The van der Waals surface area contributed by atoms with Crippen molar-refractivity contribution in [2.75, 3.05) is 0 Å². The smallest absolute Gasteiger partial charge is 0 e. The molecule has 53 valence electrons. The van der Waals surface area contributed by atoms with E-state index >= 15 is 0 Å². The zero-order valence-electron chi connectivity index (χ0n) is 6.69. The van der Waals surface area contributed by atoms with Crippen LogP contribution in [-0.2, 0) is 37.4 Å². The van der Waals surface area contributed by atoms with E-state index in [1.165, 1.54) is 0 Å². The molecule has 0 aromatic rings. The van der Waals surface area contributed by atoms with E-state index in [0.29, 0.717) is 0 Å². The third kappa shape index (κ3) is 12.3. The van der Waals surface area contributed by atoms with Gasteiger partial charge in [-0.25, -0.2) is 6.10 Å². The van der Waals surface area contributed by atoms with E-state index < -0.39 is 0 Å². The number of hydrogen-bond donors (Lipinski definition) is 0. The van der Waals surface area contributed by atoms with Gasteiger partial charge in [0.25, 0.3) is 0 Å². The summed E-state index contributed by atoms with van der Waals surface area (Å²) in [6.45, 7) is 11.5. The number of rotatable bonds is 2. The minimum atomic E-state index is -0.265. The predicted molar refractivity (Wildman–Crippen MR) is 35.1 cm³/mol. The van der Waals surface area contributed by atoms with Gasteiger partial charge in [0.05, 0.1) is 0 Å². The van der Waals surface area contributed by atoms with Gasteiger partial charge < -0.3 is 11.7 Å². The van der Waals surface area contributed by atoms with E-state index in [2.05, 4.69) is 6.92 Å². The van der Waals surface area contributed by atoms with Gasteiger partial charge in [0.1, 0.15) is 0 Å². The van der Waals surface area contributed by atoms with E-state index in [9.17, 15) is 0 Å². The molecular formula is C7H14OY-2. The zero-order valence-corrected chi connectivity index (χ0v) is 9.53. The molecule has 1 radical (unpaired) electrons. The van der Waals surface area contributed by atoms with E-state index in [4.69, 9.17) is 4.74 Å². The van der Waals surface area contributed by atoms with Gasteiger partial charge in [-0.1, -0.05) is 13.8 Å². The zero-order chi connectivity index (χ0) is 6.78. The summed E-state index contributed by atoms with van der Waals surface area (Å²) in [6.07, 6.45) is 0.963. The largest absolute Gasteiger partial charge is 0.569 e. The number of hydrogen-bond acceptors (Lipinski definition) is 1. The second kappa shape index (κ2) is 4.81. The van der Waals surface area contributed by atoms with E-state index in [0.717, 1.165) is 6.10 Å². The van der Waals surface area contributed by atoms with Crippen LogP contribution in [0.15, 0.2) is 0 Å². The van der Waals surface area contributed by atoms with E-state index in [1.54, 1.807) is 0 Å². The minimum Gasteiger partial charge on any atom is -0.569 e. The Bertz CT molecular complexity index is 63.8. The predicted octanol–water partition coefficient (Wildman–Crippen LogP) is 2.18. The van der Waals surface area contributed by atoms with Crippen LogP contribution in [-0.4, -0.2) is 5.60 Å².